The first-order chi connectivity index (χ1) is 17.3. The van der Waals surface area contributed by atoms with E-state index in [0.717, 1.165) is 11.1 Å². The van der Waals surface area contributed by atoms with Crippen molar-refractivity contribution in [2.75, 3.05) is 24.4 Å². The van der Waals surface area contributed by atoms with E-state index in [2.05, 4.69) is 10.6 Å². The summed E-state index contributed by atoms with van der Waals surface area (Å²) >= 11 is 1.54. The third-order valence-electron chi connectivity index (χ3n) is 5.88. The summed E-state index contributed by atoms with van der Waals surface area (Å²) in [5.74, 6) is -0.406. The van der Waals surface area contributed by atoms with E-state index in [0.29, 0.717) is 29.0 Å². The molecule has 0 aromatic heterocycles. The smallest absolute Gasteiger partial charge is 0.408 e. The largest absolute Gasteiger partial charge is 0.507 e. The number of anilines is 1. The highest BCUT2D eigenvalue weighted by atomic mass is 32.2. The fourth-order valence-electron chi connectivity index (χ4n) is 3.95. The van der Waals surface area contributed by atoms with E-state index in [9.17, 15) is 19.5 Å². The summed E-state index contributed by atoms with van der Waals surface area (Å²) in [5.41, 5.74) is 2.54. The Labute approximate surface area is 224 Å². The number of phenols is 1. The molecule has 0 aliphatic rings. The zero-order valence-corrected chi connectivity index (χ0v) is 23.8. The van der Waals surface area contributed by atoms with Crippen molar-refractivity contribution in [3.8, 4) is 5.75 Å². The number of carbonyl (C=O) groups is 3. The van der Waals surface area contributed by atoms with Gasteiger partial charge in [0.15, 0.2) is 0 Å². The second kappa shape index (κ2) is 12.9. The van der Waals surface area contributed by atoms with Gasteiger partial charge in [-0.05, 0) is 76.7 Å². The van der Waals surface area contributed by atoms with E-state index < -0.39 is 35.6 Å². The molecule has 2 rings (SSSR count). The molecule has 0 saturated heterocycles. The highest BCUT2D eigenvalue weighted by Gasteiger charge is 2.35. The van der Waals surface area contributed by atoms with Gasteiger partial charge in [0.05, 0.1) is 0 Å². The molecule has 0 spiro atoms. The molecule has 0 radical (unpaired) electrons. The van der Waals surface area contributed by atoms with E-state index in [1.165, 1.54) is 23.7 Å². The quantitative estimate of drug-likeness (QED) is 0.417. The number of hydrogen-bond donors (Lipinski definition) is 3. The van der Waals surface area contributed by atoms with Crippen LogP contribution >= 0.6 is 11.8 Å². The van der Waals surface area contributed by atoms with E-state index in [-0.39, 0.29) is 5.75 Å². The van der Waals surface area contributed by atoms with Crippen LogP contribution in [0.3, 0.4) is 0 Å². The number of amides is 3. The van der Waals surface area contributed by atoms with Crippen molar-refractivity contribution < 1.29 is 24.2 Å². The summed E-state index contributed by atoms with van der Waals surface area (Å²) in [6.45, 7) is 10.7. The number of phenolic OH excluding ortho intramolecular Hbond substituents is 1. The van der Waals surface area contributed by atoms with Gasteiger partial charge in [-0.2, -0.15) is 11.8 Å². The van der Waals surface area contributed by atoms with E-state index in [4.69, 9.17) is 4.74 Å². The van der Waals surface area contributed by atoms with E-state index in [1.54, 1.807) is 45.9 Å². The zero-order valence-electron chi connectivity index (χ0n) is 23.0. The summed E-state index contributed by atoms with van der Waals surface area (Å²) < 4.78 is 5.36. The van der Waals surface area contributed by atoms with Gasteiger partial charge >= 0.3 is 6.09 Å². The van der Waals surface area contributed by atoms with Crippen LogP contribution in [0, 0.1) is 20.8 Å². The number of aromatic hydroxyl groups is 1. The van der Waals surface area contributed by atoms with Crippen LogP contribution in [-0.4, -0.2) is 58.6 Å². The van der Waals surface area contributed by atoms with Crippen molar-refractivity contribution in [2.24, 2.45) is 0 Å². The number of ether oxygens (including phenoxy) is 1. The molecule has 37 heavy (non-hydrogen) atoms. The number of para-hydroxylation sites is 2. The number of hydrogen-bond acceptors (Lipinski definition) is 6. The fraction of sp³-hybridized carbons (Fsp3) is 0.464. The van der Waals surface area contributed by atoms with Crippen LogP contribution in [0.2, 0.25) is 0 Å². The second-order valence-corrected chi connectivity index (χ2v) is 11.1. The number of thioether (sulfide) groups is 1. The van der Waals surface area contributed by atoms with Gasteiger partial charge in [-0.25, -0.2) is 4.79 Å². The van der Waals surface area contributed by atoms with Crippen molar-refractivity contribution in [1.29, 1.82) is 0 Å². The highest BCUT2D eigenvalue weighted by molar-refractivity contribution is 7.98. The van der Waals surface area contributed by atoms with Crippen LogP contribution in [0.15, 0.2) is 36.4 Å². The Morgan fingerprint density at radius 2 is 1.59 bits per heavy atom. The SMILES string of the molecule is CSCCC(NC(=O)OC(C)(C)C)C(=O)N(C)C(C(=O)Nc1c(C)cccc1C)c1cccc(C)c1O. The molecule has 2 unspecified atom stereocenters. The Kier molecular flexibility index (Phi) is 10.4. The maximum Gasteiger partial charge on any atom is 0.408 e. The van der Waals surface area contributed by atoms with Gasteiger partial charge < -0.3 is 25.4 Å². The molecule has 0 heterocycles. The first kappa shape index (κ1) is 30.0. The summed E-state index contributed by atoms with van der Waals surface area (Å²) in [7, 11) is 1.50. The molecule has 0 aliphatic carbocycles. The Morgan fingerprint density at radius 1 is 1.03 bits per heavy atom. The summed E-state index contributed by atoms with van der Waals surface area (Å²) in [4.78, 5) is 41.3. The molecule has 0 saturated carbocycles. The van der Waals surface area contributed by atoms with Crippen molar-refractivity contribution in [2.45, 2.75) is 65.6 Å². The number of rotatable bonds is 9. The molecular formula is C28H39N3O5S. The van der Waals surface area contributed by atoms with Crippen LogP contribution in [0.1, 0.15) is 55.5 Å². The second-order valence-electron chi connectivity index (χ2n) is 10.1. The zero-order chi connectivity index (χ0) is 27.9. The first-order valence-electron chi connectivity index (χ1n) is 12.2. The number of nitrogens with one attached hydrogen (secondary N) is 2. The third kappa shape index (κ3) is 8.15. The Bertz CT molecular complexity index is 1110. The van der Waals surface area contributed by atoms with E-state index in [1.807, 2.05) is 38.3 Å². The maximum absolute atomic E-state index is 13.7. The number of likely N-dealkylation sites (N-methyl/N-ethyl adjacent to an activating group) is 1. The Balaban J connectivity index is 2.47. The molecule has 8 nitrogen and oxygen atoms in total. The normalized spacial score (nSPS) is 12.9. The maximum atomic E-state index is 13.7. The van der Waals surface area contributed by atoms with E-state index >= 15 is 0 Å². The Hall–Kier alpha value is -3.20. The molecule has 0 aliphatic heterocycles. The number of alkyl carbamates (subject to hydrolysis) is 1. The first-order valence-corrected chi connectivity index (χ1v) is 13.6. The summed E-state index contributed by atoms with van der Waals surface area (Å²) in [5, 5.41) is 16.5. The van der Waals surface area contributed by atoms with Crippen molar-refractivity contribution in [3.05, 3.63) is 58.7 Å². The van der Waals surface area contributed by atoms with Gasteiger partial charge in [-0.3, -0.25) is 9.59 Å². The van der Waals surface area contributed by atoms with Gasteiger partial charge in [0, 0.05) is 18.3 Å². The minimum atomic E-state index is -1.15. The molecule has 2 aromatic carbocycles. The van der Waals surface area contributed by atoms with Crippen molar-refractivity contribution in [1.82, 2.24) is 10.2 Å². The number of aryl methyl sites for hydroxylation is 3. The topological polar surface area (TPSA) is 108 Å². The van der Waals surface area contributed by atoms with Gasteiger partial charge in [-0.15, -0.1) is 0 Å². The van der Waals surface area contributed by atoms with Crippen molar-refractivity contribution >= 4 is 35.4 Å². The predicted octanol–water partition coefficient (Wildman–Crippen LogP) is 5.10. The number of carbonyl (C=O) groups excluding carboxylic acids is 3. The minimum Gasteiger partial charge on any atom is -0.507 e. The van der Waals surface area contributed by atoms with Crippen LogP contribution in [-0.2, 0) is 14.3 Å². The highest BCUT2D eigenvalue weighted by Crippen LogP contribution is 2.33. The third-order valence-corrected chi connectivity index (χ3v) is 6.52. The standard InChI is InChI=1S/C28H39N3O5S/c1-17-11-9-12-18(2)22(17)30-25(33)23(20-14-10-13-19(3)24(20)32)31(7)26(34)21(15-16-37-8)29-27(35)36-28(4,5)6/h9-14,21,23,32H,15-16H2,1-8H3,(H,29,35)(H,30,33). The van der Waals surface area contributed by atoms with Gasteiger partial charge in [0.1, 0.15) is 23.4 Å². The molecule has 0 fully saturated rings. The van der Waals surface area contributed by atoms with Crippen LogP contribution in [0.4, 0.5) is 10.5 Å². The van der Waals surface area contributed by atoms with Crippen LogP contribution < -0.4 is 10.6 Å². The molecule has 9 heteroatoms. The lowest BCUT2D eigenvalue weighted by molar-refractivity contribution is -0.139. The predicted molar refractivity (Wildman–Crippen MR) is 149 cm³/mol. The van der Waals surface area contributed by atoms with Gasteiger partial charge in [-0.1, -0.05) is 36.4 Å². The molecule has 3 N–H and O–H groups in total. The summed E-state index contributed by atoms with van der Waals surface area (Å²) in [6.07, 6.45) is 1.54. The lowest BCUT2D eigenvalue weighted by atomic mass is 9.99. The van der Waals surface area contributed by atoms with Crippen molar-refractivity contribution in [3.63, 3.8) is 0 Å². The minimum absolute atomic E-state index is 0.0652. The molecule has 0 bridgehead atoms. The lowest BCUT2D eigenvalue weighted by Crippen LogP contribution is -2.51. The van der Waals surface area contributed by atoms with Crippen LogP contribution in [0.5, 0.6) is 5.75 Å². The molecule has 202 valence electrons. The Morgan fingerprint density at radius 3 is 2.16 bits per heavy atom. The summed E-state index contributed by atoms with van der Waals surface area (Å²) in [6, 6.07) is 8.69. The van der Waals surface area contributed by atoms with Crippen LogP contribution in [0.25, 0.3) is 0 Å². The monoisotopic (exact) mass is 529 g/mol. The molecule has 2 atom stereocenters. The van der Waals surface area contributed by atoms with Gasteiger partial charge in [0.25, 0.3) is 5.91 Å². The molecule has 3 amide bonds. The molecular weight excluding hydrogens is 490 g/mol. The number of benzene rings is 2. The average Bonchev–Trinajstić information content (AvgIpc) is 2.80. The molecule has 2 aromatic rings. The fourth-order valence-corrected chi connectivity index (χ4v) is 4.42. The average molecular weight is 530 g/mol. The number of nitrogens with zero attached hydrogens (tertiary/aromatic N) is 1. The van der Waals surface area contributed by atoms with Gasteiger partial charge in [0.2, 0.25) is 5.91 Å². The lowest BCUT2D eigenvalue weighted by Gasteiger charge is -2.32.